The highest BCUT2D eigenvalue weighted by Gasteiger charge is 2.38. The van der Waals surface area contributed by atoms with Crippen LogP contribution in [0.1, 0.15) is 46.0 Å². The average molecular weight is 242 g/mol. The summed E-state index contributed by atoms with van der Waals surface area (Å²) in [5, 5.41) is 9.57. The zero-order chi connectivity index (χ0) is 12.9. The van der Waals surface area contributed by atoms with Gasteiger partial charge in [-0.3, -0.25) is 4.79 Å². The van der Waals surface area contributed by atoms with Crippen LogP contribution in [0.25, 0.3) is 0 Å². The quantitative estimate of drug-likeness (QED) is 0.703. The molecule has 0 aromatic carbocycles. The molecular weight excluding hydrogens is 216 g/mol. The predicted molar refractivity (Wildman–Crippen MR) is 68.5 cm³/mol. The molecule has 0 aliphatic carbocycles. The highest BCUT2D eigenvalue weighted by atomic mass is 16.3. The van der Waals surface area contributed by atoms with Crippen LogP contribution in [0.2, 0.25) is 0 Å². The van der Waals surface area contributed by atoms with E-state index in [0.29, 0.717) is 32.0 Å². The molecule has 0 spiro atoms. The maximum atomic E-state index is 11.8. The Morgan fingerprint density at radius 1 is 1.41 bits per heavy atom. The molecule has 0 aromatic rings. The Bertz CT molecular complexity index is 240. The number of likely N-dealkylation sites (tertiary alicyclic amines) is 1. The van der Waals surface area contributed by atoms with E-state index in [0.717, 1.165) is 25.7 Å². The smallest absolute Gasteiger partial charge is 0.222 e. The van der Waals surface area contributed by atoms with Crippen molar-refractivity contribution in [3.63, 3.8) is 0 Å². The minimum absolute atomic E-state index is 0.176. The number of carbonyl (C=O) groups excluding carboxylic acids is 1. The largest absolute Gasteiger partial charge is 0.386 e. The van der Waals surface area contributed by atoms with E-state index in [2.05, 4.69) is 6.92 Å². The van der Waals surface area contributed by atoms with Gasteiger partial charge in [0, 0.05) is 6.42 Å². The Morgan fingerprint density at radius 2 is 2.06 bits per heavy atom. The second kappa shape index (κ2) is 6.36. The summed E-state index contributed by atoms with van der Waals surface area (Å²) in [6.45, 7) is 5.61. The number of amides is 1. The molecule has 1 fully saturated rings. The molecular formula is C13H26N2O2. The molecule has 1 heterocycles. The second-order valence-electron chi connectivity index (χ2n) is 5.52. The first-order valence-electron chi connectivity index (χ1n) is 6.68. The van der Waals surface area contributed by atoms with E-state index >= 15 is 0 Å². The molecule has 0 bridgehead atoms. The first-order chi connectivity index (χ1) is 7.98. The molecule has 1 atom stereocenters. The summed E-state index contributed by atoms with van der Waals surface area (Å²) >= 11 is 0. The summed E-state index contributed by atoms with van der Waals surface area (Å²) < 4.78 is 0. The maximum absolute atomic E-state index is 11.8. The predicted octanol–water partition coefficient (Wildman–Crippen LogP) is 1.12. The molecule has 17 heavy (non-hydrogen) atoms. The molecule has 4 nitrogen and oxygen atoms in total. The highest BCUT2D eigenvalue weighted by Crippen LogP contribution is 2.23. The van der Waals surface area contributed by atoms with Crippen LogP contribution in [0.15, 0.2) is 0 Å². The van der Waals surface area contributed by atoms with Crippen molar-refractivity contribution in [2.24, 2.45) is 11.7 Å². The van der Waals surface area contributed by atoms with Gasteiger partial charge in [-0.25, -0.2) is 0 Å². The van der Waals surface area contributed by atoms with Crippen molar-refractivity contribution in [1.82, 2.24) is 4.90 Å². The van der Waals surface area contributed by atoms with Crippen LogP contribution in [0.4, 0.5) is 0 Å². The number of β-amino-alcohol motifs (C(OH)–C–C–N with tert-alkyl or cyclic N) is 1. The van der Waals surface area contributed by atoms with Crippen LogP contribution >= 0.6 is 0 Å². The van der Waals surface area contributed by atoms with Crippen molar-refractivity contribution in [1.29, 1.82) is 0 Å². The first-order valence-corrected chi connectivity index (χ1v) is 6.68. The normalized spacial score (nSPS) is 19.9. The molecule has 1 unspecified atom stereocenters. The van der Waals surface area contributed by atoms with Gasteiger partial charge in [-0.1, -0.05) is 19.8 Å². The Morgan fingerprint density at radius 3 is 2.53 bits per heavy atom. The lowest BCUT2D eigenvalue weighted by Gasteiger charge is -2.44. The van der Waals surface area contributed by atoms with Crippen molar-refractivity contribution < 1.29 is 9.90 Å². The number of rotatable bonds is 7. The summed E-state index contributed by atoms with van der Waals surface area (Å²) in [5.74, 6) is 0.755. The number of nitrogens with two attached hydrogens (primary N) is 1. The molecule has 0 radical (unpaired) electrons. The molecule has 1 saturated heterocycles. The van der Waals surface area contributed by atoms with Crippen molar-refractivity contribution in [3.8, 4) is 0 Å². The van der Waals surface area contributed by atoms with Gasteiger partial charge in [0.2, 0.25) is 5.91 Å². The summed E-state index contributed by atoms with van der Waals surface area (Å²) in [5.41, 5.74) is 4.91. The van der Waals surface area contributed by atoms with Gasteiger partial charge >= 0.3 is 0 Å². The molecule has 0 saturated carbocycles. The van der Waals surface area contributed by atoms with Gasteiger partial charge in [-0.2, -0.15) is 0 Å². The van der Waals surface area contributed by atoms with Crippen LogP contribution in [0.5, 0.6) is 0 Å². The molecule has 4 heteroatoms. The Kier molecular flexibility index (Phi) is 5.40. The fourth-order valence-electron chi connectivity index (χ4n) is 2.52. The minimum Gasteiger partial charge on any atom is -0.386 e. The van der Waals surface area contributed by atoms with Crippen LogP contribution < -0.4 is 5.73 Å². The lowest BCUT2D eigenvalue weighted by atomic mass is 9.92. The van der Waals surface area contributed by atoms with Crippen LogP contribution in [0.3, 0.4) is 0 Å². The number of nitrogens with zero attached hydrogens (tertiary/aromatic N) is 1. The Labute approximate surface area is 104 Å². The summed E-state index contributed by atoms with van der Waals surface area (Å²) in [6, 6.07) is 0. The average Bonchev–Trinajstić information content (AvgIpc) is 2.22. The molecule has 1 aliphatic rings. The number of hydrogen-bond acceptors (Lipinski definition) is 3. The molecule has 1 aliphatic heterocycles. The first kappa shape index (κ1) is 14.5. The van der Waals surface area contributed by atoms with Gasteiger partial charge in [-0.15, -0.1) is 0 Å². The molecule has 1 rings (SSSR count). The van der Waals surface area contributed by atoms with E-state index in [-0.39, 0.29) is 5.91 Å². The van der Waals surface area contributed by atoms with E-state index in [4.69, 9.17) is 5.73 Å². The van der Waals surface area contributed by atoms with Gasteiger partial charge in [0.1, 0.15) is 0 Å². The van der Waals surface area contributed by atoms with Crippen molar-refractivity contribution in [2.45, 2.75) is 51.6 Å². The van der Waals surface area contributed by atoms with Gasteiger partial charge in [0.25, 0.3) is 0 Å². The molecule has 0 aromatic heterocycles. The second-order valence-corrected chi connectivity index (χ2v) is 5.52. The monoisotopic (exact) mass is 242 g/mol. The molecule has 3 N–H and O–H groups in total. The molecule has 100 valence electrons. The van der Waals surface area contributed by atoms with Crippen molar-refractivity contribution in [2.75, 3.05) is 19.6 Å². The van der Waals surface area contributed by atoms with Crippen LogP contribution in [-0.4, -0.2) is 41.1 Å². The Balaban J connectivity index is 2.22. The minimum atomic E-state index is -0.657. The van der Waals surface area contributed by atoms with Gasteiger partial charge in [0.05, 0.1) is 18.7 Å². The van der Waals surface area contributed by atoms with E-state index in [1.54, 1.807) is 11.8 Å². The number of aliphatic hydroxyl groups is 1. The van der Waals surface area contributed by atoms with E-state index in [1.807, 2.05) is 0 Å². The zero-order valence-corrected chi connectivity index (χ0v) is 11.1. The van der Waals surface area contributed by atoms with Gasteiger partial charge < -0.3 is 15.7 Å². The summed E-state index contributed by atoms with van der Waals surface area (Å²) in [7, 11) is 0. The van der Waals surface area contributed by atoms with E-state index in [9.17, 15) is 9.90 Å². The van der Waals surface area contributed by atoms with Crippen molar-refractivity contribution >= 4 is 5.91 Å². The van der Waals surface area contributed by atoms with E-state index in [1.165, 1.54) is 0 Å². The third-order valence-corrected chi connectivity index (χ3v) is 3.45. The topological polar surface area (TPSA) is 66.6 Å². The number of carbonyl (C=O) groups is 1. The zero-order valence-electron chi connectivity index (χ0n) is 11.1. The molecule has 1 amide bonds. The summed E-state index contributed by atoms with van der Waals surface area (Å²) in [4.78, 5) is 13.6. The highest BCUT2D eigenvalue weighted by molar-refractivity contribution is 5.77. The SMILES string of the molecule is CCCC(CCN)CCC(=O)N1CC(C)(O)C1. The van der Waals surface area contributed by atoms with Crippen molar-refractivity contribution in [3.05, 3.63) is 0 Å². The fraction of sp³-hybridized carbons (Fsp3) is 0.923. The lowest BCUT2D eigenvalue weighted by molar-refractivity contribution is -0.152. The lowest BCUT2D eigenvalue weighted by Crippen LogP contribution is -2.61. The van der Waals surface area contributed by atoms with Crippen LogP contribution in [-0.2, 0) is 4.79 Å². The fourth-order valence-corrected chi connectivity index (χ4v) is 2.52. The third-order valence-electron chi connectivity index (χ3n) is 3.45. The van der Waals surface area contributed by atoms with E-state index < -0.39 is 5.60 Å². The van der Waals surface area contributed by atoms with Gasteiger partial charge in [-0.05, 0) is 32.2 Å². The Hall–Kier alpha value is -0.610. The van der Waals surface area contributed by atoms with Crippen LogP contribution in [0, 0.1) is 5.92 Å². The van der Waals surface area contributed by atoms with Gasteiger partial charge in [0.15, 0.2) is 0 Å². The summed E-state index contributed by atoms with van der Waals surface area (Å²) in [6.07, 6.45) is 4.85. The number of hydrogen-bond donors (Lipinski definition) is 2. The maximum Gasteiger partial charge on any atom is 0.222 e. The third kappa shape index (κ3) is 4.64. The standard InChI is InChI=1S/C13H26N2O2/c1-3-4-11(7-8-14)5-6-12(16)15-9-13(2,17)10-15/h11,17H,3-10,14H2,1-2H3.